The first-order valence-corrected chi connectivity index (χ1v) is 4.89. The van der Waals surface area contributed by atoms with E-state index in [4.69, 9.17) is 11.5 Å². The van der Waals surface area contributed by atoms with Crippen LogP contribution in [0.1, 0.15) is 19.8 Å². The van der Waals surface area contributed by atoms with Crippen molar-refractivity contribution in [3.8, 4) is 0 Å². The summed E-state index contributed by atoms with van der Waals surface area (Å²) >= 11 is 0. The Labute approximate surface area is 83.4 Å². The van der Waals surface area contributed by atoms with E-state index in [1.165, 1.54) is 0 Å². The van der Waals surface area contributed by atoms with Gasteiger partial charge in [-0.05, 0) is 18.9 Å². The van der Waals surface area contributed by atoms with Crippen molar-refractivity contribution in [2.45, 2.75) is 25.8 Å². The number of amides is 2. The highest BCUT2D eigenvalue weighted by Crippen LogP contribution is 2.20. The standard InChI is InChI=1S/C9H17N3O2/c1-2-7(9(11)14)12-5-6(4-10)3-8(12)13/h6-7H,2-5,10H2,1H3,(H2,11,14)/t6-,7-/m0/s1. The van der Waals surface area contributed by atoms with Crippen LogP contribution in [-0.2, 0) is 9.59 Å². The lowest BCUT2D eigenvalue weighted by molar-refractivity contribution is -0.136. The van der Waals surface area contributed by atoms with E-state index in [0.29, 0.717) is 25.9 Å². The predicted octanol–water partition coefficient (Wildman–Crippen LogP) is -0.942. The number of rotatable bonds is 4. The molecule has 0 saturated carbocycles. The number of primary amides is 1. The van der Waals surface area contributed by atoms with Crippen molar-refractivity contribution >= 4 is 11.8 Å². The molecule has 0 aromatic rings. The van der Waals surface area contributed by atoms with Gasteiger partial charge in [0, 0.05) is 13.0 Å². The number of hydrogen-bond acceptors (Lipinski definition) is 3. The fraction of sp³-hybridized carbons (Fsp3) is 0.778. The maximum atomic E-state index is 11.5. The predicted molar refractivity (Wildman–Crippen MR) is 52.1 cm³/mol. The molecule has 1 heterocycles. The van der Waals surface area contributed by atoms with Gasteiger partial charge >= 0.3 is 0 Å². The summed E-state index contributed by atoms with van der Waals surface area (Å²) in [6.45, 7) is 2.90. The van der Waals surface area contributed by atoms with Gasteiger partial charge in [0.25, 0.3) is 0 Å². The molecule has 1 fully saturated rings. The van der Waals surface area contributed by atoms with Gasteiger partial charge in [-0.15, -0.1) is 0 Å². The molecule has 0 unspecified atom stereocenters. The zero-order chi connectivity index (χ0) is 10.7. The van der Waals surface area contributed by atoms with Crippen molar-refractivity contribution in [1.29, 1.82) is 0 Å². The summed E-state index contributed by atoms with van der Waals surface area (Å²) in [4.78, 5) is 24.1. The number of hydrogen-bond donors (Lipinski definition) is 2. The van der Waals surface area contributed by atoms with Crippen LogP contribution in [0.2, 0.25) is 0 Å². The van der Waals surface area contributed by atoms with Crippen LogP contribution in [0.4, 0.5) is 0 Å². The number of nitrogens with zero attached hydrogens (tertiary/aromatic N) is 1. The third kappa shape index (κ3) is 2.04. The Morgan fingerprint density at radius 3 is 2.71 bits per heavy atom. The maximum Gasteiger partial charge on any atom is 0.240 e. The number of likely N-dealkylation sites (tertiary alicyclic amines) is 1. The molecule has 0 radical (unpaired) electrons. The van der Waals surface area contributed by atoms with Crippen LogP contribution in [0.3, 0.4) is 0 Å². The molecule has 5 nitrogen and oxygen atoms in total. The van der Waals surface area contributed by atoms with Crippen molar-refractivity contribution in [2.75, 3.05) is 13.1 Å². The first kappa shape index (κ1) is 11.0. The fourth-order valence-corrected chi connectivity index (χ4v) is 1.84. The van der Waals surface area contributed by atoms with Crippen LogP contribution in [-0.4, -0.2) is 35.8 Å². The molecule has 5 heteroatoms. The van der Waals surface area contributed by atoms with Gasteiger partial charge in [0.05, 0.1) is 0 Å². The van der Waals surface area contributed by atoms with Gasteiger partial charge in [-0.3, -0.25) is 9.59 Å². The minimum Gasteiger partial charge on any atom is -0.368 e. The molecule has 0 spiro atoms. The summed E-state index contributed by atoms with van der Waals surface area (Å²) < 4.78 is 0. The molecule has 1 saturated heterocycles. The lowest BCUT2D eigenvalue weighted by atomic mass is 10.1. The van der Waals surface area contributed by atoms with Crippen LogP contribution >= 0.6 is 0 Å². The van der Waals surface area contributed by atoms with Crippen LogP contribution < -0.4 is 11.5 Å². The Bertz CT molecular complexity index is 242. The SMILES string of the molecule is CC[C@@H](C(N)=O)N1C[C@H](CN)CC1=O. The highest BCUT2D eigenvalue weighted by atomic mass is 16.2. The summed E-state index contributed by atoms with van der Waals surface area (Å²) in [5.74, 6) is -0.263. The smallest absolute Gasteiger partial charge is 0.240 e. The van der Waals surface area contributed by atoms with Crippen LogP contribution in [0.5, 0.6) is 0 Å². The van der Waals surface area contributed by atoms with Gasteiger partial charge in [-0.2, -0.15) is 0 Å². The zero-order valence-electron chi connectivity index (χ0n) is 8.40. The highest BCUT2D eigenvalue weighted by Gasteiger charge is 2.35. The van der Waals surface area contributed by atoms with Gasteiger partial charge in [0.15, 0.2) is 0 Å². The molecule has 1 aliphatic heterocycles. The van der Waals surface area contributed by atoms with Gasteiger partial charge in [0.1, 0.15) is 6.04 Å². The quantitative estimate of drug-likeness (QED) is 0.612. The summed E-state index contributed by atoms with van der Waals surface area (Å²) in [5, 5.41) is 0. The molecular weight excluding hydrogens is 182 g/mol. The van der Waals surface area contributed by atoms with Crippen molar-refractivity contribution in [3.63, 3.8) is 0 Å². The van der Waals surface area contributed by atoms with E-state index in [1.54, 1.807) is 4.90 Å². The molecular formula is C9H17N3O2. The van der Waals surface area contributed by atoms with Crippen LogP contribution in [0.15, 0.2) is 0 Å². The molecule has 0 aromatic heterocycles. The minimum atomic E-state index is -0.459. The second kappa shape index (κ2) is 4.41. The topological polar surface area (TPSA) is 89.4 Å². The lowest BCUT2D eigenvalue weighted by Crippen LogP contribution is -2.45. The molecule has 1 rings (SSSR count). The average molecular weight is 199 g/mol. The zero-order valence-corrected chi connectivity index (χ0v) is 8.40. The fourth-order valence-electron chi connectivity index (χ4n) is 1.84. The summed E-state index contributed by atoms with van der Waals surface area (Å²) in [7, 11) is 0. The molecule has 4 N–H and O–H groups in total. The molecule has 2 atom stereocenters. The second-order valence-electron chi connectivity index (χ2n) is 3.68. The largest absolute Gasteiger partial charge is 0.368 e. The highest BCUT2D eigenvalue weighted by molar-refractivity contribution is 5.87. The van der Waals surface area contributed by atoms with Gasteiger partial charge < -0.3 is 16.4 Å². The molecule has 2 amide bonds. The van der Waals surface area contributed by atoms with Crippen molar-refractivity contribution in [2.24, 2.45) is 17.4 Å². The van der Waals surface area contributed by atoms with Gasteiger partial charge in [-0.1, -0.05) is 6.92 Å². The van der Waals surface area contributed by atoms with E-state index in [2.05, 4.69) is 0 Å². The van der Waals surface area contributed by atoms with Gasteiger partial charge in [-0.25, -0.2) is 0 Å². The van der Waals surface area contributed by atoms with Crippen LogP contribution in [0.25, 0.3) is 0 Å². The maximum absolute atomic E-state index is 11.5. The van der Waals surface area contributed by atoms with E-state index in [1.807, 2.05) is 6.92 Å². The summed E-state index contributed by atoms with van der Waals surface area (Å²) in [6, 6.07) is -0.459. The molecule has 80 valence electrons. The van der Waals surface area contributed by atoms with Crippen LogP contribution in [0, 0.1) is 5.92 Å². The Morgan fingerprint density at radius 2 is 2.36 bits per heavy atom. The number of carbonyl (C=O) groups is 2. The molecule has 0 aliphatic carbocycles. The lowest BCUT2D eigenvalue weighted by Gasteiger charge is -2.24. The normalized spacial score (nSPS) is 24.0. The average Bonchev–Trinajstić information content (AvgIpc) is 2.48. The Balaban J connectivity index is 2.68. The van der Waals surface area contributed by atoms with Crippen molar-refractivity contribution in [1.82, 2.24) is 4.90 Å². The third-order valence-corrected chi connectivity index (χ3v) is 2.66. The Morgan fingerprint density at radius 1 is 1.71 bits per heavy atom. The second-order valence-corrected chi connectivity index (χ2v) is 3.68. The molecule has 1 aliphatic rings. The number of carbonyl (C=O) groups excluding carboxylic acids is 2. The first-order chi connectivity index (χ1) is 6.60. The van der Waals surface area contributed by atoms with E-state index in [0.717, 1.165) is 0 Å². The van der Waals surface area contributed by atoms with E-state index >= 15 is 0 Å². The minimum absolute atomic E-state index is 0.00824. The van der Waals surface area contributed by atoms with E-state index in [-0.39, 0.29) is 11.8 Å². The Kier molecular flexibility index (Phi) is 3.46. The first-order valence-electron chi connectivity index (χ1n) is 4.89. The van der Waals surface area contributed by atoms with E-state index < -0.39 is 11.9 Å². The monoisotopic (exact) mass is 199 g/mol. The van der Waals surface area contributed by atoms with E-state index in [9.17, 15) is 9.59 Å². The third-order valence-electron chi connectivity index (χ3n) is 2.66. The van der Waals surface area contributed by atoms with Gasteiger partial charge in [0.2, 0.25) is 11.8 Å². The van der Waals surface area contributed by atoms with Crippen molar-refractivity contribution < 1.29 is 9.59 Å². The molecule has 0 aromatic carbocycles. The van der Waals surface area contributed by atoms with Crippen molar-refractivity contribution in [3.05, 3.63) is 0 Å². The molecule has 14 heavy (non-hydrogen) atoms. The summed E-state index contributed by atoms with van der Waals surface area (Å²) in [5.41, 5.74) is 10.7. The summed E-state index contributed by atoms with van der Waals surface area (Å²) in [6.07, 6.45) is 1.01. The molecule has 0 bridgehead atoms. The number of nitrogens with two attached hydrogens (primary N) is 2. The Hall–Kier alpha value is -1.10.